The van der Waals surface area contributed by atoms with E-state index in [0.29, 0.717) is 24.7 Å². The Hall–Kier alpha value is -3.03. The van der Waals surface area contributed by atoms with Gasteiger partial charge in [-0.1, -0.05) is 30.3 Å². The van der Waals surface area contributed by atoms with Crippen molar-refractivity contribution in [2.45, 2.75) is 31.0 Å². The second kappa shape index (κ2) is 7.90. The van der Waals surface area contributed by atoms with Crippen LogP contribution in [0.3, 0.4) is 0 Å². The van der Waals surface area contributed by atoms with Crippen molar-refractivity contribution in [3.05, 3.63) is 76.8 Å². The summed E-state index contributed by atoms with van der Waals surface area (Å²) < 4.78 is 1.76. The predicted octanol–water partition coefficient (Wildman–Crippen LogP) is 2.32. The lowest BCUT2D eigenvalue weighted by Gasteiger charge is -2.47. The molecule has 0 aliphatic carbocycles. The van der Waals surface area contributed by atoms with Crippen LogP contribution in [0.2, 0.25) is 0 Å². The third-order valence-corrected chi connectivity index (χ3v) is 6.64. The Labute approximate surface area is 181 Å². The highest BCUT2D eigenvalue weighted by atomic mass is 16.3. The summed E-state index contributed by atoms with van der Waals surface area (Å²) in [4.78, 5) is 26.6. The summed E-state index contributed by atoms with van der Waals surface area (Å²) in [5.41, 5.74) is 2.18. The van der Waals surface area contributed by atoms with Crippen LogP contribution < -0.4 is 10.5 Å². The lowest BCUT2D eigenvalue weighted by molar-refractivity contribution is 0.164. The Morgan fingerprint density at radius 1 is 1.10 bits per heavy atom. The monoisotopic (exact) mass is 417 g/mol. The zero-order valence-electron chi connectivity index (χ0n) is 17.7. The van der Waals surface area contributed by atoms with E-state index in [4.69, 9.17) is 4.98 Å². The normalized spacial score (nSPS) is 21.9. The molecule has 5 rings (SSSR count). The molecule has 1 saturated heterocycles. The Morgan fingerprint density at radius 3 is 2.55 bits per heavy atom. The van der Waals surface area contributed by atoms with Crippen LogP contribution in [0.25, 0.3) is 11.3 Å². The molecule has 31 heavy (non-hydrogen) atoms. The third-order valence-electron chi connectivity index (χ3n) is 6.64. The first-order chi connectivity index (χ1) is 15.1. The van der Waals surface area contributed by atoms with Crippen molar-refractivity contribution in [3.8, 4) is 11.3 Å². The SMILES string of the molecule is CN1CCC2(CCn3c(nc(-c4ccncc4)cc3=O)N2C[C@@H](O)c2ccccc2)C1. The van der Waals surface area contributed by atoms with Gasteiger partial charge in [0.25, 0.3) is 5.56 Å². The van der Waals surface area contributed by atoms with Gasteiger partial charge >= 0.3 is 0 Å². The molecule has 160 valence electrons. The maximum Gasteiger partial charge on any atom is 0.255 e. The van der Waals surface area contributed by atoms with Crippen LogP contribution in [0.15, 0.2) is 65.7 Å². The minimum atomic E-state index is -0.669. The number of hydrogen-bond donors (Lipinski definition) is 1. The van der Waals surface area contributed by atoms with Gasteiger partial charge in [-0.05, 0) is 37.6 Å². The molecule has 0 amide bonds. The number of β-amino-alcohol motifs (C(OH)–C–C–N with tert-alkyl or cyclic N) is 1. The molecular weight excluding hydrogens is 390 g/mol. The summed E-state index contributed by atoms with van der Waals surface area (Å²) in [6.07, 6.45) is 4.59. The van der Waals surface area contributed by atoms with Crippen molar-refractivity contribution < 1.29 is 5.11 Å². The molecule has 1 unspecified atom stereocenters. The summed E-state index contributed by atoms with van der Waals surface area (Å²) in [5.74, 6) is 0.649. The molecule has 2 atom stereocenters. The molecule has 3 aromatic rings. The highest BCUT2D eigenvalue weighted by Crippen LogP contribution is 2.39. The van der Waals surface area contributed by atoms with Gasteiger partial charge in [0.05, 0.1) is 23.9 Å². The molecule has 7 heteroatoms. The number of anilines is 1. The maximum atomic E-state index is 13.0. The van der Waals surface area contributed by atoms with Crippen molar-refractivity contribution in [2.24, 2.45) is 0 Å². The van der Waals surface area contributed by atoms with Crippen molar-refractivity contribution in [1.82, 2.24) is 19.4 Å². The molecule has 0 bridgehead atoms. The molecule has 1 N–H and O–H groups in total. The predicted molar refractivity (Wildman–Crippen MR) is 120 cm³/mol. The quantitative estimate of drug-likeness (QED) is 0.702. The third kappa shape index (κ3) is 3.64. The molecule has 0 radical (unpaired) electrons. The largest absolute Gasteiger partial charge is 0.387 e. The smallest absolute Gasteiger partial charge is 0.255 e. The second-order valence-corrected chi connectivity index (χ2v) is 8.67. The molecule has 2 aromatic heterocycles. The standard InChI is InChI=1S/C24H27N5O2/c1-27-13-9-24(17-27)10-14-28-22(31)15-20(18-7-11-25-12-8-18)26-23(28)29(24)16-21(30)19-5-3-2-4-6-19/h2-8,11-12,15,21,30H,9-10,13-14,16-17H2,1H3/t21-,24?/m1/s1. The summed E-state index contributed by atoms with van der Waals surface area (Å²) in [6.45, 7) is 2.92. The molecule has 1 spiro atoms. The number of likely N-dealkylation sites (N-methyl/N-ethyl adjacent to an activating group) is 1. The van der Waals surface area contributed by atoms with Gasteiger partial charge in [-0.3, -0.25) is 14.3 Å². The van der Waals surface area contributed by atoms with Gasteiger partial charge in [-0.15, -0.1) is 0 Å². The number of benzene rings is 1. The van der Waals surface area contributed by atoms with E-state index in [-0.39, 0.29) is 11.1 Å². The Balaban J connectivity index is 1.60. The molecule has 4 heterocycles. The molecule has 7 nitrogen and oxygen atoms in total. The maximum absolute atomic E-state index is 13.0. The summed E-state index contributed by atoms with van der Waals surface area (Å²) in [6, 6.07) is 15.0. The Kier molecular flexibility index (Phi) is 5.08. The van der Waals surface area contributed by atoms with Crippen molar-refractivity contribution >= 4 is 5.95 Å². The van der Waals surface area contributed by atoms with E-state index < -0.39 is 6.10 Å². The second-order valence-electron chi connectivity index (χ2n) is 8.67. The Bertz CT molecular complexity index is 1120. The van der Waals surface area contributed by atoms with Gasteiger partial charge in [0.15, 0.2) is 0 Å². The number of aliphatic hydroxyl groups excluding tert-OH is 1. The fourth-order valence-corrected chi connectivity index (χ4v) is 4.96. The average molecular weight is 418 g/mol. The van der Waals surface area contributed by atoms with Crippen LogP contribution >= 0.6 is 0 Å². The van der Waals surface area contributed by atoms with Crippen LogP contribution in [-0.4, -0.2) is 56.8 Å². The summed E-state index contributed by atoms with van der Waals surface area (Å²) in [7, 11) is 2.13. The van der Waals surface area contributed by atoms with Gasteiger partial charge in [-0.25, -0.2) is 4.98 Å². The zero-order chi connectivity index (χ0) is 21.4. The number of nitrogens with zero attached hydrogens (tertiary/aromatic N) is 5. The number of pyridine rings is 1. The van der Waals surface area contributed by atoms with Gasteiger partial charge < -0.3 is 14.9 Å². The van der Waals surface area contributed by atoms with Crippen molar-refractivity contribution in [1.29, 1.82) is 0 Å². The number of aromatic nitrogens is 3. The van der Waals surface area contributed by atoms with E-state index >= 15 is 0 Å². The first-order valence-corrected chi connectivity index (χ1v) is 10.8. The molecular formula is C24H27N5O2. The van der Waals surface area contributed by atoms with E-state index in [9.17, 15) is 9.90 Å². The zero-order valence-corrected chi connectivity index (χ0v) is 17.7. The van der Waals surface area contributed by atoms with Gasteiger partial charge in [-0.2, -0.15) is 0 Å². The van der Waals surface area contributed by atoms with Crippen LogP contribution in [-0.2, 0) is 6.54 Å². The highest BCUT2D eigenvalue weighted by Gasteiger charge is 2.46. The van der Waals surface area contributed by atoms with Gasteiger partial charge in [0.1, 0.15) is 0 Å². The molecule has 1 fully saturated rings. The van der Waals surface area contributed by atoms with Crippen LogP contribution in [0.5, 0.6) is 0 Å². The Morgan fingerprint density at radius 2 is 1.84 bits per heavy atom. The minimum Gasteiger partial charge on any atom is -0.387 e. The van der Waals surface area contributed by atoms with E-state index in [0.717, 1.165) is 37.1 Å². The fourth-order valence-electron chi connectivity index (χ4n) is 4.96. The number of hydrogen-bond acceptors (Lipinski definition) is 6. The van der Waals surface area contributed by atoms with E-state index in [2.05, 4.69) is 21.8 Å². The van der Waals surface area contributed by atoms with Crippen molar-refractivity contribution in [3.63, 3.8) is 0 Å². The van der Waals surface area contributed by atoms with Crippen LogP contribution in [0.4, 0.5) is 5.95 Å². The number of likely N-dealkylation sites (tertiary alicyclic amines) is 1. The minimum absolute atomic E-state index is 0.0581. The fraction of sp³-hybridized carbons (Fsp3) is 0.375. The van der Waals surface area contributed by atoms with E-state index in [1.807, 2.05) is 42.5 Å². The molecule has 2 aliphatic rings. The summed E-state index contributed by atoms with van der Waals surface area (Å²) in [5, 5.41) is 11.1. The van der Waals surface area contributed by atoms with E-state index in [1.54, 1.807) is 23.0 Å². The van der Waals surface area contributed by atoms with Crippen LogP contribution in [0, 0.1) is 0 Å². The molecule has 2 aliphatic heterocycles. The lowest BCUT2D eigenvalue weighted by atomic mass is 9.89. The number of aliphatic hydroxyl groups is 1. The topological polar surface area (TPSA) is 74.5 Å². The first kappa shape index (κ1) is 19.9. The lowest BCUT2D eigenvalue weighted by Crippen LogP contribution is -2.58. The number of rotatable bonds is 4. The highest BCUT2D eigenvalue weighted by molar-refractivity contribution is 5.60. The van der Waals surface area contributed by atoms with Crippen LogP contribution in [0.1, 0.15) is 24.5 Å². The average Bonchev–Trinajstić information content (AvgIpc) is 3.17. The van der Waals surface area contributed by atoms with Crippen molar-refractivity contribution in [2.75, 3.05) is 31.6 Å². The van der Waals surface area contributed by atoms with Gasteiger partial charge in [0, 0.05) is 43.7 Å². The summed E-state index contributed by atoms with van der Waals surface area (Å²) >= 11 is 0. The van der Waals surface area contributed by atoms with E-state index in [1.165, 1.54) is 0 Å². The molecule has 0 saturated carbocycles. The molecule has 1 aromatic carbocycles. The van der Waals surface area contributed by atoms with Gasteiger partial charge in [0.2, 0.25) is 5.95 Å². The number of fused-ring (bicyclic) bond motifs is 1. The first-order valence-electron chi connectivity index (χ1n) is 10.8.